The van der Waals surface area contributed by atoms with E-state index >= 15 is 0 Å². The summed E-state index contributed by atoms with van der Waals surface area (Å²) in [6.07, 6.45) is 0. The number of hydrogen-bond donors (Lipinski definition) is 1. The van der Waals surface area contributed by atoms with Gasteiger partial charge >= 0.3 is 0 Å². The monoisotopic (exact) mass is 321 g/mol. The highest BCUT2D eigenvalue weighted by atomic mass is 32.2. The molecule has 1 N–H and O–H groups in total. The van der Waals surface area contributed by atoms with E-state index in [0.717, 1.165) is 5.56 Å². The second-order valence-corrected chi connectivity index (χ2v) is 6.55. The molecule has 0 bridgehead atoms. The maximum absolute atomic E-state index is 12.3. The highest BCUT2D eigenvalue weighted by Gasteiger charge is 2.16. The van der Waals surface area contributed by atoms with E-state index < -0.39 is 10.0 Å². The Kier molecular flexibility index (Phi) is 5.05. The first-order valence-electron chi connectivity index (χ1n) is 6.74. The molecule has 0 atom stereocenters. The molecule has 0 radical (unpaired) electrons. The average molecular weight is 321 g/mol. The number of hydrogen-bond acceptors (Lipinski definition) is 4. The van der Waals surface area contributed by atoms with Crippen LogP contribution in [0.25, 0.3) is 0 Å². The lowest BCUT2D eigenvalue weighted by molar-refractivity contribution is 0.384. The molecule has 2 rings (SSSR count). The van der Waals surface area contributed by atoms with Crippen LogP contribution in [-0.4, -0.2) is 22.6 Å². The lowest BCUT2D eigenvalue weighted by Gasteiger charge is -2.14. The number of aryl methyl sites for hydroxylation is 1. The minimum absolute atomic E-state index is 0.0867. The Hall–Kier alpha value is -2.05. The third kappa shape index (κ3) is 3.58. The topological polar surface area (TPSA) is 64.6 Å². The van der Waals surface area contributed by atoms with Crippen LogP contribution >= 0.6 is 0 Å². The number of methoxy groups -OCH3 is 2. The van der Waals surface area contributed by atoms with E-state index in [1.165, 1.54) is 14.2 Å². The maximum atomic E-state index is 12.3. The molecule has 2 aromatic rings. The zero-order valence-corrected chi connectivity index (χ0v) is 13.6. The number of sulfonamides is 1. The molecule has 118 valence electrons. The fourth-order valence-electron chi connectivity index (χ4n) is 2.07. The van der Waals surface area contributed by atoms with E-state index in [-0.39, 0.29) is 11.4 Å². The summed E-state index contributed by atoms with van der Waals surface area (Å²) in [5, 5.41) is 0. The molecule has 0 amide bonds. The molecule has 0 aliphatic carbocycles. The molecule has 0 saturated heterocycles. The van der Waals surface area contributed by atoms with E-state index in [9.17, 15) is 8.42 Å². The molecular weight excluding hydrogens is 302 g/mol. The minimum Gasteiger partial charge on any atom is -0.496 e. The molecule has 6 heteroatoms. The zero-order valence-electron chi connectivity index (χ0n) is 12.8. The van der Waals surface area contributed by atoms with Crippen molar-refractivity contribution in [3.05, 3.63) is 53.6 Å². The van der Waals surface area contributed by atoms with Crippen LogP contribution in [0, 0.1) is 6.92 Å². The summed E-state index contributed by atoms with van der Waals surface area (Å²) in [5.74, 6) is 1.15. The van der Waals surface area contributed by atoms with Gasteiger partial charge in [-0.3, -0.25) is 0 Å². The highest BCUT2D eigenvalue weighted by Crippen LogP contribution is 2.28. The minimum atomic E-state index is -3.59. The smallest absolute Gasteiger partial charge is 0.240 e. The van der Waals surface area contributed by atoms with E-state index in [1.54, 1.807) is 42.5 Å². The Balaban J connectivity index is 2.24. The summed E-state index contributed by atoms with van der Waals surface area (Å²) in [6, 6.07) is 12.0. The number of ether oxygens (including phenoxy) is 2. The zero-order chi connectivity index (χ0) is 16.2. The largest absolute Gasteiger partial charge is 0.496 e. The molecule has 0 aliphatic rings. The molecule has 0 heterocycles. The van der Waals surface area contributed by atoms with E-state index in [0.29, 0.717) is 17.1 Å². The first-order valence-corrected chi connectivity index (χ1v) is 8.22. The Morgan fingerprint density at radius 2 is 1.50 bits per heavy atom. The van der Waals surface area contributed by atoms with Crippen molar-refractivity contribution in [2.45, 2.75) is 18.4 Å². The number of rotatable bonds is 6. The van der Waals surface area contributed by atoms with Crippen molar-refractivity contribution < 1.29 is 17.9 Å². The van der Waals surface area contributed by atoms with Crippen molar-refractivity contribution in [1.29, 1.82) is 0 Å². The molecule has 22 heavy (non-hydrogen) atoms. The van der Waals surface area contributed by atoms with E-state index in [1.807, 2.05) is 6.92 Å². The molecule has 0 fully saturated rings. The molecule has 0 aliphatic heterocycles. The Labute approximate surface area is 130 Å². The third-order valence-corrected chi connectivity index (χ3v) is 4.72. The first-order chi connectivity index (χ1) is 10.5. The normalized spacial score (nSPS) is 11.2. The van der Waals surface area contributed by atoms with Crippen molar-refractivity contribution in [2.24, 2.45) is 0 Å². The quantitative estimate of drug-likeness (QED) is 0.888. The number of nitrogens with one attached hydrogen (secondary N) is 1. The highest BCUT2D eigenvalue weighted by molar-refractivity contribution is 7.89. The second-order valence-electron chi connectivity index (χ2n) is 4.78. The molecular formula is C16H19NO4S. The van der Waals surface area contributed by atoms with Gasteiger partial charge in [-0.25, -0.2) is 13.1 Å². The van der Waals surface area contributed by atoms with Gasteiger partial charge in [-0.15, -0.1) is 0 Å². The lowest BCUT2D eigenvalue weighted by Crippen LogP contribution is -2.23. The standard InChI is InChI=1S/C16H19NO4S/c1-12-7-9-13(10-8-12)22(18,19)17-11-14-15(20-2)5-4-6-16(14)21-3/h4-10,17H,11H2,1-3H3. The van der Waals surface area contributed by atoms with Gasteiger partial charge < -0.3 is 9.47 Å². The average Bonchev–Trinajstić information content (AvgIpc) is 2.53. The summed E-state index contributed by atoms with van der Waals surface area (Å²) in [6.45, 7) is 1.99. The summed E-state index contributed by atoms with van der Waals surface area (Å²) in [5.41, 5.74) is 1.66. The van der Waals surface area contributed by atoms with Gasteiger partial charge in [0.05, 0.1) is 24.7 Å². The van der Waals surface area contributed by atoms with Crippen LogP contribution in [0.3, 0.4) is 0 Å². The van der Waals surface area contributed by atoms with Gasteiger partial charge in [-0.1, -0.05) is 23.8 Å². The van der Waals surface area contributed by atoms with Crippen molar-refractivity contribution >= 4 is 10.0 Å². The predicted molar refractivity (Wildman–Crippen MR) is 84.8 cm³/mol. The van der Waals surface area contributed by atoms with Crippen molar-refractivity contribution in [3.8, 4) is 11.5 Å². The van der Waals surface area contributed by atoms with Crippen LogP contribution in [0.1, 0.15) is 11.1 Å². The molecule has 0 saturated carbocycles. The molecule has 0 spiro atoms. The fourth-order valence-corrected chi connectivity index (χ4v) is 3.07. The van der Waals surface area contributed by atoms with Gasteiger partial charge in [0.25, 0.3) is 0 Å². The maximum Gasteiger partial charge on any atom is 0.240 e. The summed E-state index contributed by atoms with van der Waals surface area (Å²) in [7, 11) is -0.517. The third-order valence-electron chi connectivity index (χ3n) is 3.30. The Morgan fingerprint density at radius 1 is 0.955 bits per heavy atom. The van der Waals surface area contributed by atoms with Crippen molar-refractivity contribution in [3.63, 3.8) is 0 Å². The van der Waals surface area contributed by atoms with E-state index in [2.05, 4.69) is 4.72 Å². The van der Waals surface area contributed by atoms with Crippen LogP contribution in [0.2, 0.25) is 0 Å². The van der Waals surface area contributed by atoms with Gasteiger partial charge in [0, 0.05) is 6.54 Å². The summed E-state index contributed by atoms with van der Waals surface area (Å²) >= 11 is 0. The van der Waals surface area contributed by atoms with Crippen LogP contribution in [0.4, 0.5) is 0 Å². The van der Waals surface area contributed by atoms with Crippen LogP contribution < -0.4 is 14.2 Å². The first kappa shape index (κ1) is 16.3. The van der Waals surface area contributed by atoms with Crippen LogP contribution in [-0.2, 0) is 16.6 Å². The summed E-state index contributed by atoms with van der Waals surface area (Å²) in [4.78, 5) is 0.229. The molecule has 2 aromatic carbocycles. The number of benzene rings is 2. The van der Waals surface area contributed by atoms with Crippen molar-refractivity contribution in [2.75, 3.05) is 14.2 Å². The second kappa shape index (κ2) is 6.81. The van der Waals surface area contributed by atoms with Crippen molar-refractivity contribution in [1.82, 2.24) is 4.72 Å². The molecule has 5 nitrogen and oxygen atoms in total. The van der Waals surface area contributed by atoms with Gasteiger partial charge in [0.1, 0.15) is 11.5 Å². The van der Waals surface area contributed by atoms with Crippen LogP contribution in [0.5, 0.6) is 11.5 Å². The van der Waals surface area contributed by atoms with Gasteiger partial charge in [0.2, 0.25) is 10.0 Å². The van der Waals surface area contributed by atoms with Gasteiger partial charge in [0.15, 0.2) is 0 Å². The van der Waals surface area contributed by atoms with Crippen LogP contribution in [0.15, 0.2) is 47.4 Å². The SMILES string of the molecule is COc1cccc(OC)c1CNS(=O)(=O)c1ccc(C)cc1. The predicted octanol–water partition coefficient (Wildman–Crippen LogP) is 2.49. The van der Waals surface area contributed by atoms with E-state index in [4.69, 9.17) is 9.47 Å². The van der Waals surface area contributed by atoms with Gasteiger partial charge in [-0.05, 0) is 31.2 Å². The molecule has 0 aromatic heterocycles. The Bertz CT molecular complexity index is 717. The fraction of sp³-hybridized carbons (Fsp3) is 0.250. The van der Waals surface area contributed by atoms with Gasteiger partial charge in [-0.2, -0.15) is 0 Å². The summed E-state index contributed by atoms with van der Waals surface area (Å²) < 4.78 is 37.7. The molecule has 0 unspecified atom stereocenters. The Morgan fingerprint density at radius 3 is 2.00 bits per heavy atom. The lowest BCUT2D eigenvalue weighted by atomic mass is 10.2.